The number of aliphatic hydroxyl groups excluding tert-OH is 1. The summed E-state index contributed by atoms with van der Waals surface area (Å²) in [5.74, 6) is 0. The van der Waals surface area contributed by atoms with Gasteiger partial charge >= 0.3 is 6.09 Å². The van der Waals surface area contributed by atoms with Gasteiger partial charge in [-0.2, -0.15) is 0 Å². The first kappa shape index (κ1) is 16.0. The number of hydrogen-bond acceptors (Lipinski definition) is 3. The molecule has 1 unspecified atom stereocenters. The van der Waals surface area contributed by atoms with Crippen molar-refractivity contribution in [2.75, 3.05) is 6.61 Å². The highest BCUT2D eigenvalue weighted by Crippen LogP contribution is 2.14. The molecular formula is C18H21NO3. The zero-order chi connectivity index (χ0) is 15.8. The van der Waals surface area contributed by atoms with E-state index in [1.54, 1.807) is 0 Å². The minimum absolute atomic E-state index is 0.175. The summed E-state index contributed by atoms with van der Waals surface area (Å²) in [6.07, 6.45) is 0.416. The Kier molecular flexibility index (Phi) is 5.98. The number of amides is 1. The van der Waals surface area contributed by atoms with E-state index in [4.69, 9.17) is 4.74 Å². The fourth-order valence-electron chi connectivity index (χ4n) is 2.13. The summed E-state index contributed by atoms with van der Waals surface area (Å²) in [6, 6.07) is 16.8. The van der Waals surface area contributed by atoms with Gasteiger partial charge in [-0.3, -0.25) is 0 Å². The maximum absolute atomic E-state index is 11.8. The van der Waals surface area contributed by atoms with Crippen LogP contribution in [-0.4, -0.2) is 17.8 Å². The molecular weight excluding hydrogens is 278 g/mol. The van der Waals surface area contributed by atoms with E-state index >= 15 is 0 Å². The molecule has 0 saturated heterocycles. The highest BCUT2D eigenvalue weighted by molar-refractivity contribution is 5.68. The summed E-state index contributed by atoms with van der Waals surface area (Å²) in [6.45, 7) is 2.11. The van der Waals surface area contributed by atoms with Crippen molar-refractivity contribution in [3.63, 3.8) is 0 Å². The van der Waals surface area contributed by atoms with Crippen molar-refractivity contribution in [2.45, 2.75) is 26.0 Å². The predicted octanol–water partition coefficient (Wildman–Crippen LogP) is 3.21. The van der Waals surface area contributed by atoms with Gasteiger partial charge in [0, 0.05) is 0 Å². The van der Waals surface area contributed by atoms with Gasteiger partial charge in [-0.05, 0) is 23.1 Å². The lowest BCUT2D eigenvalue weighted by atomic mass is 10.0. The number of aryl methyl sites for hydroxylation is 1. The van der Waals surface area contributed by atoms with Crippen molar-refractivity contribution in [2.24, 2.45) is 0 Å². The van der Waals surface area contributed by atoms with Crippen LogP contribution in [0.3, 0.4) is 0 Å². The van der Waals surface area contributed by atoms with Crippen LogP contribution in [-0.2, 0) is 17.8 Å². The predicted molar refractivity (Wildman–Crippen MR) is 85.4 cm³/mol. The van der Waals surface area contributed by atoms with Crippen LogP contribution in [0.2, 0.25) is 0 Å². The van der Waals surface area contributed by atoms with E-state index in [1.165, 1.54) is 5.56 Å². The number of carbonyl (C=O) groups excluding carboxylic acids is 1. The molecule has 0 heterocycles. The molecule has 0 saturated carbocycles. The van der Waals surface area contributed by atoms with E-state index in [0.29, 0.717) is 0 Å². The SMILES string of the molecule is CCc1ccc(C(CO)NC(=O)OCc2ccccc2)cc1. The van der Waals surface area contributed by atoms with Gasteiger partial charge in [-0.1, -0.05) is 61.5 Å². The van der Waals surface area contributed by atoms with Crippen molar-refractivity contribution in [1.82, 2.24) is 5.32 Å². The highest BCUT2D eigenvalue weighted by Gasteiger charge is 2.14. The van der Waals surface area contributed by atoms with E-state index in [-0.39, 0.29) is 13.2 Å². The first-order valence-electron chi connectivity index (χ1n) is 7.40. The van der Waals surface area contributed by atoms with Gasteiger partial charge in [0.1, 0.15) is 6.61 Å². The second-order valence-corrected chi connectivity index (χ2v) is 5.04. The van der Waals surface area contributed by atoms with Crippen molar-refractivity contribution >= 4 is 6.09 Å². The summed E-state index contributed by atoms with van der Waals surface area (Å²) in [5, 5.41) is 12.1. The van der Waals surface area contributed by atoms with Crippen molar-refractivity contribution in [3.8, 4) is 0 Å². The van der Waals surface area contributed by atoms with E-state index in [1.807, 2.05) is 54.6 Å². The van der Waals surface area contributed by atoms with E-state index in [0.717, 1.165) is 17.5 Å². The standard InChI is InChI=1S/C18H21NO3/c1-2-14-8-10-16(11-9-14)17(12-20)19-18(21)22-13-15-6-4-3-5-7-15/h3-11,17,20H,2,12-13H2,1H3,(H,19,21). The zero-order valence-corrected chi connectivity index (χ0v) is 12.7. The molecule has 2 aromatic carbocycles. The minimum atomic E-state index is -0.539. The third kappa shape index (κ3) is 4.60. The van der Waals surface area contributed by atoms with E-state index in [2.05, 4.69) is 12.2 Å². The maximum atomic E-state index is 11.8. The summed E-state index contributed by atoms with van der Waals surface area (Å²) in [4.78, 5) is 11.8. The molecule has 0 aliphatic heterocycles. The number of aliphatic hydroxyl groups is 1. The third-order valence-electron chi connectivity index (χ3n) is 3.48. The van der Waals surface area contributed by atoms with Crippen LogP contribution in [0.1, 0.15) is 29.7 Å². The Bertz CT molecular complexity index is 581. The van der Waals surface area contributed by atoms with Crippen LogP contribution in [0.25, 0.3) is 0 Å². The third-order valence-corrected chi connectivity index (χ3v) is 3.48. The topological polar surface area (TPSA) is 58.6 Å². The normalized spacial score (nSPS) is 11.7. The van der Waals surface area contributed by atoms with Crippen LogP contribution in [0.15, 0.2) is 54.6 Å². The molecule has 116 valence electrons. The molecule has 1 amide bonds. The molecule has 0 aliphatic carbocycles. The number of alkyl carbamates (subject to hydrolysis) is 1. The molecule has 0 radical (unpaired) electrons. The molecule has 2 aromatic rings. The Hall–Kier alpha value is -2.33. The van der Waals surface area contributed by atoms with Gasteiger partial charge in [0.15, 0.2) is 0 Å². The average Bonchev–Trinajstić information content (AvgIpc) is 2.59. The summed E-state index contributed by atoms with van der Waals surface area (Å²) in [7, 11) is 0. The second kappa shape index (κ2) is 8.20. The molecule has 0 aliphatic rings. The maximum Gasteiger partial charge on any atom is 0.408 e. The number of hydrogen-bond donors (Lipinski definition) is 2. The summed E-state index contributed by atoms with van der Waals surface area (Å²) < 4.78 is 5.17. The van der Waals surface area contributed by atoms with Crippen LogP contribution >= 0.6 is 0 Å². The van der Waals surface area contributed by atoms with Crippen LogP contribution in [0.5, 0.6) is 0 Å². The first-order chi connectivity index (χ1) is 10.7. The minimum Gasteiger partial charge on any atom is -0.445 e. The fraction of sp³-hybridized carbons (Fsp3) is 0.278. The van der Waals surface area contributed by atoms with Crippen LogP contribution in [0, 0.1) is 0 Å². The number of nitrogens with one attached hydrogen (secondary N) is 1. The van der Waals surface area contributed by atoms with E-state index in [9.17, 15) is 9.90 Å². The first-order valence-corrected chi connectivity index (χ1v) is 7.40. The van der Waals surface area contributed by atoms with E-state index < -0.39 is 12.1 Å². The summed E-state index contributed by atoms with van der Waals surface area (Å²) >= 11 is 0. The molecule has 4 nitrogen and oxygen atoms in total. The smallest absolute Gasteiger partial charge is 0.408 e. The number of benzene rings is 2. The molecule has 1 atom stereocenters. The van der Waals surface area contributed by atoms with Gasteiger partial charge in [-0.15, -0.1) is 0 Å². The lowest BCUT2D eigenvalue weighted by Crippen LogP contribution is -2.31. The Balaban J connectivity index is 1.90. The number of carbonyl (C=O) groups is 1. The molecule has 0 spiro atoms. The highest BCUT2D eigenvalue weighted by atomic mass is 16.5. The van der Waals surface area contributed by atoms with Gasteiger partial charge < -0.3 is 15.2 Å². The Morgan fingerprint density at radius 2 is 1.77 bits per heavy atom. The Morgan fingerprint density at radius 1 is 1.09 bits per heavy atom. The Labute approximate surface area is 130 Å². The van der Waals surface area contributed by atoms with Crippen LogP contribution < -0.4 is 5.32 Å². The van der Waals surface area contributed by atoms with Gasteiger partial charge in [0.05, 0.1) is 12.6 Å². The average molecular weight is 299 g/mol. The lowest BCUT2D eigenvalue weighted by molar-refractivity contribution is 0.129. The van der Waals surface area contributed by atoms with Gasteiger partial charge in [-0.25, -0.2) is 4.79 Å². The Morgan fingerprint density at radius 3 is 2.36 bits per heavy atom. The van der Waals surface area contributed by atoms with Crippen molar-refractivity contribution < 1.29 is 14.6 Å². The molecule has 4 heteroatoms. The molecule has 22 heavy (non-hydrogen) atoms. The largest absolute Gasteiger partial charge is 0.445 e. The van der Waals surface area contributed by atoms with Crippen molar-refractivity contribution in [1.29, 1.82) is 0 Å². The molecule has 2 N–H and O–H groups in total. The number of ether oxygens (including phenoxy) is 1. The van der Waals surface area contributed by atoms with Gasteiger partial charge in [0.2, 0.25) is 0 Å². The van der Waals surface area contributed by atoms with Gasteiger partial charge in [0.25, 0.3) is 0 Å². The molecule has 2 rings (SSSR count). The molecule has 0 bridgehead atoms. The zero-order valence-electron chi connectivity index (χ0n) is 12.7. The van der Waals surface area contributed by atoms with Crippen molar-refractivity contribution in [3.05, 3.63) is 71.3 Å². The van der Waals surface area contributed by atoms with Crippen LogP contribution in [0.4, 0.5) is 4.79 Å². The molecule has 0 fully saturated rings. The lowest BCUT2D eigenvalue weighted by Gasteiger charge is -2.17. The monoisotopic (exact) mass is 299 g/mol. The number of rotatable bonds is 6. The second-order valence-electron chi connectivity index (χ2n) is 5.04. The molecule has 0 aromatic heterocycles. The quantitative estimate of drug-likeness (QED) is 0.861. The summed E-state index contributed by atoms with van der Waals surface area (Å²) in [5.41, 5.74) is 2.99. The fourth-order valence-corrected chi connectivity index (χ4v) is 2.13.